The van der Waals surface area contributed by atoms with Crippen molar-refractivity contribution < 1.29 is 9.53 Å². The van der Waals surface area contributed by atoms with Gasteiger partial charge in [0.25, 0.3) is 0 Å². The minimum absolute atomic E-state index is 0.274. The quantitative estimate of drug-likeness (QED) is 0.792. The van der Waals surface area contributed by atoms with Gasteiger partial charge in [0, 0.05) is 39.3 Å². The van der Waals surface area contributed by atoms with Gasteiger partial charge in [-0.25, -0.2) is 4.79 Å². The van der Waals surface area contributed by atoms with E-state index in [0.29, 0.717) is 5.56 Å². The third-order valence-corrected chi connectivity index (χ3v) is 4.47. The van der Waals surface area contributed by atoms with E-state index in [1.165, 1.54) is 12.7 Å². The molecule has 0 N–H and O–H groups in total. The van der Waals surface area contributed by atoms with Crippen molar-refractivity contribution >= 4 is 5.97 Å². The molecule has 4 nitrogen and oxygen atoms in total. The summed E-state index contributed by atoms with van der Waals surface area (Å²) in [6.07, 6.45) is 0. The zero-order chi connectivity index (χ0) is 16.8. The first-order valence-electron chi connectivity index (χ1n) is 8.40. The number of carbonyl (C=O) groups excluding carboxylic acids is 1. The van der Waals surface area contributed by atoms with Gasteiger partial charge < -0.3 is 4.74 Å². The third-order valence-electron chi connectivity index (χ3n) is 4.47. The van der Waals surface area contributed by atoms with Crippen LogP contribution in [0.2, 0.25) is 0 Å². The van der Waals surface area contributed by atoms with Crippen LogP contribution >= 0.6 is 0 Å². The number of rotatable bonds is 5. The predicted octanol–water partition coefficient (Wildman–Crippen LogP) is 2.79. The Morgan fingerprint density at radius 2 is 1.46 bits per heavy atom. The van der Waals surface area contributed by atoms with Gasteiger partial charge in [-0.2, -0.15) is 0 Å². The number of ether oxygens (including phenoxy) is 1. The number of hydrogen-bond acceptors (Lipinski definition) is 4. The van der Waals surface area contributed by atoms with Gasteiger partial charge in [-0.3, -0.25) is 9.80 Å². The van der Waals surface area contributed by atoms with E-state index in [2.05, 4.69) is 46.2 Å². The molecule has 0 bridgehead atoms. The first kappa shape index (κ1) is 16.7. The lowest BCUT2D eigenvalue weighted by Crippen LogP contribution is -2.45. The number of nitrogens with zero attached hydrogens (tertiary/aromatic N) is 2. The van der Waals surface area contributed by atoms with Crippen molar-refractivity contribution in [2.24, 2.45) is 0 Å². The second-order valence-electron chi connectivity index (χ2n) is 6.23. The lowest BCUT2D eigenvalue weighted by Gasteiger charge is -2.34. The molecule has 1 fully saturated rings. The summed E-state index contributed by atoms with van der Waals surface area (Å²) in [6, 6.07) is 18.4. The van der Waals surface area contributed by atoms with Crippen molar-refractivity contribution in [2.45, 2.75) is 13.1 Å². The minimum Gasteiger partial charge on any atom is -0.465 e. The van der Waals surface area contributed by atoms with Gasteiger partial charge in [0.05, 0.1) is 12.7 Å². The summed E-state index contributed by atoms with van der Waals surface area (Å²) in [5.41, 5.74) is 3.16. The zero-order valence-corrected chi connectivity index (χ0v) is 14.1. The molecule has 0 aliphatic carbocycles. The summed E-state index contributed by atoms with van der Waals surface area (Å²) in [4.78, 5) is 16.6. The fraction of sp³-hybridized carbons (Fsp3) is 0.350. The number of carbonyl (C=O) groups is 1. The standard InChI is InChI=1S/C20H24N2O2/c1-24-20(23)19-9-5-8-18(14-19)16-22-12-10-21(11-13-22)15-17-6-3-2-4-7-17/h2-9,14H,10-13,15-16H2,1H3. The smallest absolute Gasteiger partial charge is 0.337 e. The molecule has 0 amide bonds. The molecule has 4 heteroatoms. The van der Waals surface area contributed by atoms with Crippen molar-refractivity contribution in [3.63, 3.8) is 0 Å². The molecule has 0 aromatic heterocycles. The highest BCUT2D eigenvalue weighted by Gasteiger charge is 2.17. The Kier molecular flexibility index (Phi) is 5.62. The van der Waals surface area contributed by atoms with Gasteiger partial charge in [-0.1, -0.05) is 42.5 Å². The van der Waals surface area contributed by atoms with E-state index < -0.39 is 0 Å². The van der Waals surface area contributed by atoms with Crippen LogP contribution in [0.15, 0.2) is 54.6 Å². The van der Waals surface area contributed by atoms with Crippen molar-refractivity contribution in [3.8, 4) is 0 Å². The van der Waals surface area contributed by atoms with Crippen molar-refractivity contribution in [1.82, 2.24) is 9.80 Å². The van der Waals surface area contributed by atoms with Crippen LogP contribution in [0, 0.1) is 0 Å². The molecule has 3 rings (SSSR count). The normalized spacial score (nSPS) is 16.0. The van der Waals surface area contributed by atoms with Gasteiger partial charge in [0.2, 0.25) is 0 Å². The van der Waals surface area contributed by atoms with Crippen molar-refractivity contribution in [1.29, 1.82) is 0 Å². The molecule has 0 saturated carbocycles. The number of methoxy groups -OCH3 is 1. The van der Waals surface area contributed by atoms with Crippen LogP contribution in [0.4, 0.5) is 0 Å². The Morgan fingerprint density at radius 3 is 2.08 bits per heavy atom. The summed E-state index contributed by atoms with van der Waals surface area (Å²) in [5, 5.41) is 0. The van der Waals surface area contributed by atoms with Crippen LogP contribution in [0.1, 0.15) is 21.5 Å². The van der Waals surface area contributed by atoms with E-state index in [9.17, 15) is 4.79 Å². The molecular weight excluding hydrogens is 300 g/mol. The monoisotopic (exact) mass is 324 g/mol. The molecule has 2 aromatic carbocycles. The van der Waals surface area contributed by atoms with Crippen LogP contribution in [0.3, 0.4) is 0 Å². The van der Waals surface area contributed by atoms with Crippen LogP contribution in [-0.2, 0) is 17.8 Å². The van der Waals surface area contributed by atoms with E-state index in [-0.39, 0.29) is 5.97 Å². The maximum atomic E-state index is 11.6. The molecule has 126 valence electrons. The lowest BCUT2D eigenvalue weighted by atomic mass is 10.1. The number of esters is 1. The maximum Gasteiger partial charge on any atom is 0.337 e. The number of piperazine rings is 1. The molecule has 0 unspecified atom stereocenters. The SMILES string of the molecule is COC(=O)c1cccc(CN2CCN(Cc3ccccc3)CC2)c1. The summed E-state index contributed by atoms with van der Waals surface area (Å²) in [6.45, 7) is 6.15. The molecule has 1 saturated heterocycles. The Balaban J connectivity index is 1.51. The van der Waals surface area contributed by atoms with Crippen LogP contribution in [-0.4, -0.2) is 49.1 Å². The molecule has 1 aliphatic heterocycles. The fourth-order valence-electron chi connectivity index (χ4n) is 3.12. The third kappa shape index (κ3) is 4.43. The topological polar surface area (TPSA) is 32.8 Å². The highest BCUT2D eigenvalue weighted by molar-refractivity contribution is 5.89. The molecule has 0 radical (unpaired) electrons. The summed E-state index contributed by atoms with van der Waals surface area (Å²) >= 11 is 0. The largest absolute Gasteiger partial charge is 0.465 e. The summed E-state index contributed by atoms with van der Waals surface area (Å²) in [5.74, 6) is -0.274. The minimum atomic E-state index is -0.274. The van der Waals surface area contributed by atoms with Crippen molar-refractivity contribution in [3.05, 3.63) is 71.3 Å². The van der Waals surface area contributed by atoms with Crippen LogP contribution in [0.25, 0.3) is 0 Å². The molecule has 1 aliphatic rings. The van der Waals surface area contributed by atoms with Gasteiger partial charge in [-0.05, 0) is 23.3 Å². The summed E-state index contributed by atoms with van der Waals surface area (Å²) < 4.78 is 4.79. The zero-order valence-electron chi connectivity index (χ0n) is 14.1. The van der Waals surface area contributed by atoms with E-state index in [0.717, 1.165) is 44.8 Å². The average molecular weight is 324 g/mol. The highest BCUT2D eigenvalue weighted by Crippen LogP contribution is 2.13. The molecular formula is C20H24N2O2. The Bertz CT molecular complexity index is 664. The van der Waals surface area contributed by atoms with E-state index in [1.807, 2.05) is 12.1 Å². The maximum absolute atomic E-state index is 11.6. The molecule has 24 heavy (non-hydrogen) atoms. The average Bonchev–Trinajstić information content (AvgIpc) is 2.64. The number of hydrogen-bond donors (Lipinski definition) is 0. The summed E-state index contributed by atoms with van der Waals surface area (Å²) in [7, 11) is 1.42. The Labute approximate surface area is 143 Å². The molecule has 0 atom stereocenters. The first-order chi connectivity index (χ1) is 11.7. The van der Waals surface area contributed by atoms with Crippen molar-refractivity contribution in [2.75, 3.05) is 33.3 Å². The Hall–Kier alpha value is -2.17. The van der Waals surface area contributed by atoms with E-state index >= 15 is 0 Å². The van der Waals surface area contributed by atoms with E-state index in [4.69, 9.17) is 4.74 Å². The van der Waals surface area contributed by atoms with Gasteiger partial charge >= 0.3 is 5.97 Å². The van der Waals surface area contributed by atoms with Gasteiger partial charge in [0.1, 0.15) is 0 Å². The molecule has 1 heterocycles. The van der Waals surface area contributed by atoms with Gasteiger partial charge in [0.15, 0.2) is 0 Å². The number of benzene rings is 2. The van der Waals surface area contributed by atoms with Crippen LogP contribution < -0.4 is 0 Å². The van der Waals surface area contributed by atoms with Crippen LogP contribution in [0.5, 0.6) is 0 Å². The predicted molar refractivity (Wildman–Crippen MR) is 94.8 cm³/mol. The molecule has 2 aromatic rings. The van der Waals surface area contributed by atoms with Gasteiger partial charge in [-0.15, -0.1) is 0 Å². The fourth-order valence-corrected chi connectivity index (χ4v) is 3.12. The Morgan fingerprint density at radius 1 is 0.875 bits per heavy atom. The lowest BCUT2D eigenvalue weighted by molar-refractivity contribution is 0.0600. The highest BCUT2D eigenvalue weighted by atomic mass is 16.5. The van der Waals surface area contributed by atoms with E-state index in [1.54, 1.807) is 6.07 Å². The second-order valence-corrected chi connectivity index (χ2v) is 6.23. The first-order valence-corrected chi connectivity index (χ1v) is 8.40. The second kappa shape index (κ2) is 8.08. The molecule has 0 spiro atoms.